The largest absolute Gasteiger partial charge is 0.573 e. The van der Waals surface area contributed by atoms with E-state index in [1.165, 1.54) is 35.2 Å². The Balaban J connectivity index is 1.49. The van der Waals surface area contributed by atoms with E-state index in [0.717, 1.165) is 12.1 Å². The highest BCUT2D eigenvalue weighted by Crippen LogP contribution is 2.24. The number of carbonyl (C=O) groups is 2. The highest BCUT2D eigenvalue weighted by atomic mass is 19.4. The summed E-state index contributed by atoms with van der Waals surface area (Å²) in [6.45, 7) is 1.38. The smallest absolute Gasteiger partial charge is 0.406 e. The molecule has 0 spiro atoms. The maximum absolute atomic E-state index is 12.7. The van der Waals surface area contributed by atoms with Gasteiger partial charge in [-0.3, -0.25) is 24.6 Å². The molecule has 9 nitrogen and oxygen atoms in total. The summed E-state index contributed by atoms with van der Waals surface area (Å²) in [7, 11) is 0. The van der Waals surface area contributed by atoms with Crippen LogP contribution in [0.25, 0.3) is 0 Å². The second kappa shape index (κ2) is 9.64. The van der Waals surface area contributed by atoms with E-state index >= 15 is 0 Å². The second-order valence-corrected chi connectivity index (χ2v) is 6.96. The lowest BCUT2D eigenvalue weighted by atomic mass is 10.1. The van der Waals surface area contributed by atoms with Crippen LogP contribution in [0.1, 0.15) is 10.4 Å². The molecule has 0 aromatic heterocycles. The van der Waals surface area contributed by atoms with Crippen LogP contribution in [0, 0.1) is 10.1 Å². The van der Waals surface area contributed by atoms with Crippen molar-refractivity contribution in [2.24, 2.45) is 0 Å². The molecule has 1 N–H and O–H groups in total. The van der Waals surface area contributed by atoms with Gasteiger partial charge in [0.1, 0.15) is 11.3 Å². The number of nitro benzene ring substituents is 1. The summed E-state index contributed by atoms with van der Waals surface area (Å²) in [6, 6.07) is 10.5. The van der Waals surface area contributed by atoms with Crippen molar-refractivity contribution < 1.29 is 32.4 Å². The normalized spacial score (nSPS) is 14.7. The molecule has 2 aromatic rings. The summed E-state index contributed by atoms with van der Waals surface area (Å²) in [5.41, 5.74) is 0.0716. The minimum absolute atomic E-state index is 0.0154. The number of anilines is 1. The zero-order chi connectivity index (χ0) is 23.3. The molecule has 0 saturated carbocycles. The van der Waals surface area contributed by atoms with Crippen LogP contribution in [0.4, 0.5) is 24.5 Å². The molecule has 0 atom stereocenters. The monoisotopic (exact) mass is 452 g/mol. The molecular formula is C20H19F3N4O5. The molecule has 2 amide bonds. The first kappa shape index (κ1) is 23.0. The first-order valence-electron chi connectivity index (χ1n) is 9.53. The first-order valence-corrected chi connectivity index (χ1v) is 9.53. The molecule has 1 heterocycles. The van der Waals surface area contributed by atoms with E-state index in [4.69, 9.17) is 0 Å². The Kier molecular flexibility index (Phi) is 6.93. The Morgan fingerprint density at radius 1 is 1.03 bits per heavy atom. The number of para-hydroxylation sites is 1. The fourth-order valence-electron chi connectivity index (χ4n) is 3.24. The lowest BCUT2D eigenvalue weighted by Crippen LogP contribution is -2.50. The van der Waals surface area contributed by atoms with Crippen molar-refractivity contribution in [3.8, 4) is 5.75 Å². The van der Waals surface area contributed by atoms with Crippen LogP contribution in [0.5, 0.6) is 5.75 Å². The number of benzene rings is 2. The lowest BCUT2D eigenvalue weighted by Gasteiger charge is -2.34. The fourth-order valence-corrected chi connectivity index (χ4v) is 3.24. The predicted molar refractivity (Wildman–Crippen MR) is 107 cm³/mol. The van der Waals surface area contributed by atoms with Gasteiger partial charge in [0.15, 0.2) is 0 Å². The molecule has 0 radical (unpaired) electrons. The topological polar surface area (TPSA) is 105 Å². The van der Waals surface area contributed by atoms with Crippen LogP contribution in [0.2, 0.25) is 0 Å². The van der Waals surface area contributed by atoms with Crippen LogP contribution in [-0.4, -0.2) is 65.6 Å². The number of nitro groups is 1. The van der Waals surface area contributed by atoms with Crippen LogP contribution in [-0.2, 0) is 4.79 Å². The molecule has 12 heteroatoms. The number of nitrogens with zero attached hydrogens (tertiary/aromatic N) is 3. The zero-order valence-corrected chi connectivity index (χ0v) is 16.7. The number of ether oxygens (including phenoxy) is 1. The van der Waals surface area contributed by atoms with Gasteiger partial charge < -0.3 is 15.0 Å². The summed E-state index contributed by atoms with van der Waals surface area (Å²) >= 11 is 0. The third-order valence-corrected chi connectivity index (χ3v) is 4.73. The molecule has 32 heavy (non-hydrogen) atoms. The van der Waals surface area contributed by atoms with E-state index < -0.39 is 22.9 Å². The van der Waals surface area contributed by atoms with E-state index in [-0.39, 0.29) is 23.7 Å². The average Bonchev–Trinajstić information content (AvgIpc) is 2.74. The molecule has 1 saturated heterocycles. The highest BCUT2D eigenvalue weighted by molar-refractivity contribution is 5.98. The molecular weight excluding hydrogens is 433 g/mol. The third-order valence-electron chi connectivity index (χ3n) is 4.73. The van der Waals surface area contributed by atoms with Crippen molar-refractivity contribution in [1.82, 2.24) is 9.80 Å². The number of carbonyl (C=O) groups excluding carboxylic acids is 2. The molecule has 0 aliphatic carbocycles. The van der Waals surface area contributed by atoms with Gasteiger partial charge in [-0.05, 0) is 30.3 Å². The van der Waals surface area contributed by atoms with E-state index in [2.05, 4.69) is 10.1 Å². The number of nitrogens with one attached hydrogen (secondary N) is 1. The van der Waals surface area contributed by atoms with Gasteiger partial charge in [0.05, 0.1) is 11.5 Å². The van der Waals surface area contributed by atoms with Gasteiger partial charge in [0, 0.05) is 37.9 Å². The maximum atomic E-state index is 12.7. The summed E-state index contributed by atoms with van der Waals surface area (Å²) in [6.07, 6.45) is -4.79. The van der Waals surface area contributed by atoms with Crippen LogP contribution in [0.15, 0.2) is 48.5 Å². The van der Waals surface area contributed by atoms with Gasteiger partial charge in [-0.2, -0.15) is 0 Å². The zero-order valence-electron chi connectivity index (χ0n) is 16.7. The minimum Gasteiger partial charge on any atom is -0.406 e. The molecule has 2 aromatic carbocycles. The Labute approximate surface area is 180 Å². The van der Waals surface area contributed by atoms with Gasteiger partial charge in [-0.15, -0.1) is 13.2 Å². The Morgan fingerprint density at radius 3 is 2.25 bits per heavy atom. The number of amides is 2. The molecule has 0 unspecified atom stereocenters. The van der Waals surface area contributed by atoms with Gasteiger partial charge >= 0.3 is 6.36 Å². The van der Waals surface area contributed by atoms with E-state index in [1.807, 2.05) is 0 Å². The summed E-state index contributed by atoms with van der Waals surface area (Å²) in [5.74, 6) is -1.20. The first-order chi connectivity index (χ1) is 15.1. The van der Waals surface area contributed by atoms with Crippen LogP contribution < -0.4 is 10.1 Å². The molecule has 170 valence electrons. The Bertz CT molecular complexity index is 989. The second-order valence-electron chi connectivity index (χ2n) is 6.96. The van der Waals surface area contributed by atoms with E-state index in [9.17, 15) is 32.9 Å². The summed E-state index contributed by atoms with van der Waals surface area (Å²) in [5, 5.41) is 13.7. The number of rotatable bonds is 6. The lowest BCUT2D eigenvalue weighted by molar-refractivity contribution is -0.385. The SMILES string of the molecule is O=C(CN1CCN(C(=O)c2ccccc2[N+](=O)[O-])CC1)Nc1ccc(OC(F)(F)F)cc1. The summed E-state index contributed by atoms with van der Waals surface area (Å²) in [4.78, 5) is 38.7. The van der Waals surface area contributed by atoms with Crippen molar-refractivity contribution in [2.75, 3.05) is 38.0 Å². The number of alkyl halides is 3. The van der Waals surface area contributed by atoms with Gasteiger partial charge in [-0.1, -0.05) is 12.1 Å². The van der Waals surface area contributed by atoms with Crippen molar-refractivity contribution >= 4 is 23.2 Å². The van der Waals surface area contributed by atoms with E-state index in [1.54, 1.807) is 11.0 Å². The fraction of sp³-hybridized carbons (Fsp3) is 0.300. The van der Waals surface area contributed by atoms with Crippen LogP contribution in [0.3, 0.4) is 0 Å². The van der Waals surface area contributed by atoms with Gasteiger partial charge in [0.2, 0.25) is 5.91 Å². The quantitative estimate of drug-likeness (QED) is 0.534. The Hall–Kier alpha value is -3.67. The number of hydrogen-bond donors (Lipinski definition) is 1. The van der Waals surface area contributed by atoms with Gasteiger partial charge in [0.25, 0.3) is 11.6 Å². The van der Waals surface area contributed by atoms with Crippen molar-refractivity contribution in [3.05, 3.63) is 64.2 Å². The van der Waals surface area contributed by atoms with Gasteiger partial charge in [-0.25, -0.2) is 0 Å². The van der Waals surface area contributed by atoms with Crippen LogP contribution >= 0.6 is 0 Å². The minimum atomic E-state index is -4.79. The maximum Gasteiger partial charge on any atom is 0.573 e. The van der Waals surface area contributed by atoms with E-state index in [0.29, 0.717) is 31.9 Å². The Morgan fingerprint density at radius 2 is 1.66 bits per heavy atom. The number of halogens is 3. The predicted octanol–water partition coefficient (Wildman–Crippen LogP) is 2.89. The molecule has 0 bridgehead atoms. The molecule has 1 aliphatic rings. The third kappa shape index (κ3) is 6.17. The standard InChI is InChI=1S/C20H19F3N4O5/c21-20(22,23)32-15-7-5-14(6-8-15)24-18(28)13-25-9-11-26(12-10-25)19(29)16-3-1-2-4-17(16)27(30)31/h1-8H,9-13H2,(H,24,28). The average molecular weight is 452 g/mol. The van der Waals surface area contributed by atoms with Crippen molar-refractivity contribution in [1.29, 1.82) is 0 Å². The van der Waals surface area contributed by atoms with Crippen molar-refractivity contribution in [3.63, 3.8) is 0 Å². The molecule has 1 fully saturated rings. The highest BCUT2D eigenvalue weighted by Gasteiger charge is 2.31. The van der Waals surface area contributed by atoms with Crippen molar-refractivity contribution in [2.45, 2.75) is 6.36 Å². The number of piperazine rings is 1. The molecule has 1 aliphatic heterocycles. The number of hydrogen-bond acceptors (Lipinski definition) is 6. The molecule has 3 rings (SSSR count). The summed E-state index contributed by atoms with van der Waals surface area (Å²) < 4.78 is 40.3.